The number of benzene rings is 2. The van der Waals surface area contributed by atoms with Gasteiger partial charge < -0.3 is 10.0 Å². The van der Waals surface area contributed by atoms with Crippen molar-refractivity contribution in [2.45, 2.75) is 30.3 Å². The van der Waals surface area contributed by atoms with E-state index in [1.165, 1.54) is 6.07 Å². The molecule has 2 aromatic carbocycles. The summed E-state index contributed by atoms with van der Waals surface area (Å²) >= 11 is 5.83. The van der Waals surface area contributed by atoms with Gasteiger partial charge in [0.05, 0.1) is 27.4 Å². The molecule has 0 radical (unpaired) electrons. The van der Waals surface area contributed by atoms with E-state index in [0.29, 0.717) is 18.8 Å². The summed E-state index contributed by atoms with van der Waals surface area (Å²) in [4.78, 5) is 12.6. The van der Waals surface area contributed by atoms with Crippen molar-refractivity contribution in [3.63, 3.8) is 0 Å². The smallest absolute Gasteiger partial charge is 0.416 e. The highest BCUT2D eigenvalue weighted by Crippen LogP contribution is 2.37. The molecule has 0 amide bonds. The SMILES string of the molecule is O=C(O)c1cc(Cl)cc(S(=O)(=O)Nc2cc(C(F)(F)F)ccc2N2CCCCC2)c1. The van der Waals surface area contributed by atoms with E-state index in [-0.39, 0.29) is 16.3 Å². The van der Waals surface area contributed by atoms with Crippen LogP contribution in [-0.2, 0) is 16.2 Å². The summed E-state index contributed by atoms with van der Waals surface area (Å²) in [6, 6.07) is 5.89. The van der Waals surface area contributed by atoms with Crippen LogP contribution in [0.15, 0.2) is 41.3 Å². The molecule has 0 bridgehead atoms. The van der Waals surface area contributed by atoms with Gasteiger partial charge in [-0.1, -0.05) is 11.6 Å². The van der Waals surface area contributed by atoms with Crippen molar-refractivity contribution >= 4 is 39.0 Å². The van der Waals surface area contributed by atoms with Gasteiger partial charge in [-0.3, -0.25) is 4.72 Å². The van der Waals surface area contributed by atoms with Crippen LogP contribution in [0.2, 0.25) is 5.02 Å². The third-order valence-corrected chi connectivity index (χ3v) is 6.26. The van der Waals surface area contributed by atoms with Gasteiger partial charge in [0.25, 0.3) is 10.0 Å². The number of hydrogen-bond acceptors (Lipinski definition) is 4. The number of piperidine rings is 1. The first-order valence-electron chi connectivity index (χ1n) is 9.00. The Bertz CT molecular complexity index is 1070. The molecular formula is C19H18ClF3N2O4S. The van der Waals surface area contributed by atoms with Crippen molar-refractivity contribution in [1.29, 1.82) is 0 Å². The minimum absolute atomic E-state index is 0.129. The number of hydrogen-bond donors (Lipinski definition) is 2. The number of carboxylic acid groups (broad SMARTS) is 1. The molecule has 0 atom stereocenters. The summed E-state index contributed by atoms with van der Waals surface area (Å²) in [6.07, 6.45) is -2.00. The Labute approximate surface area is 176 Å². The molecule has 3 rings (SSSR count). The zero-order valence-electron chi connectivity index (χ0n) is 15.5. The molecule has 6 nitrogen and oxygen atoms in total. The Morgan fingerprint density at radius 3 is 2.33 bits per heavy atom. The van der Waals surface area contributed by atoms with E-state index in [0.717, 1.165) is 49.6 Å². The second kappa shape index (κ2) is 8.35. The Morgan fingerprint density at radius 2 is 1.73 bits per heavy atom. The fraction of sp³-hybridized carbons (Fsp3) is 0.316. The molecule has 1 saturated heterocycles. The van der Waals surface area contributed by atoms with Gasteiger partial charge in [-0.15, -0.1) is 0 Å². The minimum atomic E-state index is -4.66. The van der Waals surface area contributed by atoms with Gasteiger partial charge in [0.15, 0.2) is 0 Å². The number of carboxylic acids is 1. The molecule has 2 N–H and O–H groups in total. The van der Waals surface area contributed by atoms with Crippen molar-refractivity contribution < 1.29 is 31.5 Å². The van der Waals surface area contributed by atoms with Crippen LogP contribution in [0.25, 0.3) is 0 Å². The van der Waals surface area contributed by atoms with Crippen LogP contribution >= 0.6 is 11.6 Å². The third kappa shape index (κ3) is 4.99. The highest BCUT2D eigenvalue weighted by molar-refractivity contribution is 7.92. The fourth-order valence-electron chi connectivity index (χ4n) is 3.25. The van der Waals surface area contributed by atoms with Crippen molar-refractivity contribution in [1.82, 2.24) is 0 Å². The van der Waals surface area contributed by atoms with Crippen LogP contribution in [0.4, 0.5) is 24.5 Å². The number of halogens is 4. The van der Waals surface area contributed by atoms with Gasteiger partial charge in [-0.2, -0.15) is 13.2 Å². The van der Waals surface area contributed by atoms with Crippen LogP contribution in [0, 0.1) is 0 Å². The molecule has 162 valence electrons. The van der Waals surface area contributed by atoms with Crippen LogP contribution < -0.4 is 9.62 Å². The number of nitrogens with zero attached hydrogens (tertiary/aromatic N) is 1. The first kappa shape index (κ1) is 22.2. The van der Waals surface area contributed by atoms with Gasteiger partial charge in [0, 0.05) is 18.1 Å². The highest BCUT2D eigenvalue weighted by Gasteiger charge is 2.32. The van der Waals surface area contributed by atoms with Gasteiger partial charge in [0.2, 0.25) is 0 Å². The van der Waals surface area contributed by atoms with E-state index < -0.39 is 32.6 Å². The quantitative estimate of drug-likeness (QED) is 0.663. The zero-order chi connectivity index (χ0) is 22.1. The number of alkyl halides is 3. The van der Waals surface area contributed by atoms with E-state index in [1.54, 1.807) is 0 Å². The topological polar surface area (TPSA) is 86.7 Å². The molecule has 1 heterocycles. The van der Waals surface area contributed by atoms with E-state index >= 15 is 0 Å². The maximum absolute atomic E-state index is 13.2. The first-order chi connectivity index (χ1) is 14.0. The number of aromatic carboxylic acids is 1. The molecule has 1 fully saturated rings. The molecule has 1 aliphatic heterocycles. The maximum Gasteiger partial charge on any atom is 0.416 e. The molecule has 0 saturated carbocycles. The lowest BCUT2D eigenvalue weighted by Gasteiger charge is -2.31. The third-order valence-electron chi connectivity index (χ3n) is 4.69. The molecule has 0 unspecified atom stereocenters. The summed E-state index contributed by atoms with van der Waals surface area (Å²) in [5, 5.41) is 8.99. The predicted molar refractivity (Wildman–Crippen MR) is 107 cm³/mol. The van der Waals surface area contributed by atoms with E-state index in [9.17, 15) is 26.4 Å². The largest absolute Gasteiger partial charge is 0.478 e. The summed E-state index contributed by atoms with van der Waals surface area (Å²) in [5.41, 5.74) is -1.27. The van der Waals surface area contributed by atoms with Crippen LogP contribution in [0.1, 0.15) is 35.2 Å². The monoisotopic (exact) mass is 462 g/mol. The number of carbonyl (C=O) groups is 1. The summed E-state index contributed by atoms with van der Waals surface area (Å²) in [7, 11) is -4.41. The lowest BCUT2D eigenvalue weighted by atomic mass is 10.1. The van der Waals surface area contributed by atoms with Crippen LogP contribution in [-0.4, -0.2) is 32.6 Å². The number of nitrogens with one attached hydrogen (secondary N) is 1. The fourth-order valence-corrected chi connectivity index (χ4v) is 4.68. The van der Waals surface area contributed by atoms with Crippen molar-refractivity contribution in [2.75, 3.05) is 22.7 Å². The average molecular weight is 463 g/mol. The van der Waals surface area contributed by atoms with Crippen molar-refractivity contribution in [3.8, 4) is 0 Å². The Morgan fingerprint density at radius 1 is 1.07 bits per heavy atom. The number of anilines is 2. The molecule has 0 aliphatic carbocycles. The van der Waals surface area contributed by atoms with Gasteiger partial charge in [-0.05, 0) is 55.7 Å². The molecular weight excluding hydrogens is 445 g/mol. The van der Waals surface area contributed by atoms with E-state index in [2.05, 4.69) is 4.72 Å². The van der Waals surface area contributed by atoms with Gasteiger partial charge >= 0.3 is 12.1 Å². The second-order valence-electron chi connectivity index (χ2n) is 6.86. The second-order valence-corrected chi connectivity index (χ2v) is 8.98. The summed E-state index contributed by atoms with van der Waals surface area (Å²) in [6.45, 7) is 1.17. The molecule has 0 aromatic heterocycles. The van der Waals surface area contributed by atoms with Crippen LogP contribution in [0.5, 0.6) is 0 Å². The van der Waals surface area contributed by atoms with Crippen molar-refractivity contribution in [3.05, 3.63) is 52.5 Å². The van der Waals surface area contributed by atoms with E-state index in [1.807, 2.05) is 4.90 Å². The average Bonchev–Trinajstić information content (AvgIpc) is 2.67. The number of sulfonamides is 1. The first-order valence-corrected chi connectivity index (χ1v) is 10.9. The normalized spacial score (nSPS) is 15.1. The Hall–Kier alpha value is -2.46. The van der Waals surface area contributed by atoms with Crippen LogP contribution in [0.3, 0.4) is 0 Å². The molecule has 1 aliphatic rings. The standard InChI is InChI=1S/C19H18ClF3N2O4S/c20-14-8-12(18(26)27)9-15(11-14)30(28,29)24-16-10-13(19(21,22)23)4-5-17(16)25-6-2-1-3-7-25/h4-5,8-11,24H,1-3,6-7H2,(H,26,27). The highest BCUT2D eigenvalue weighted by atomic mass is 35.5. The summed E-state index contributed by atoms with van der Waals surface area (Å²) < 4.78 is 67.6. The van der Waals surface area contributed by atoms with Gasteiger partial charge in [0.1, 0.15) is 0 Å². The maximum atomic E-state index is 13.2. The van der Waals surface area contributed by atoms with E-state index in [4.69, 9.17) is 16.7 Å². The Balaban J connectivity index is 2.06. The van der Waals surface area contributed by atoms with Crippen molar-refractivity contribution in [2.24, 2.45) is 0 Å². The van der Waals surface area contributed by atoms with Gasteiger partial charge in [-0.25, -0.2) is 13.2 Å². The Kier molecular flexibility index (Phi) is 6.19. The lowest BCUT2D eigenvalue weighted by molar-refractivity contribution is -0.137. The molecule has 30 heavy (non-hydrogen) atoms. The molecule has 11 heteroatoms. The summed E-state index contributed by atoms with van der Waals surface area (Å²) in [5.74, 6) is -1.39. The minimum Gasteiger partial charge on any atom is -0.478 e. The lowest BCUT2D eigenvalue weighted by Crippen LogP contribution is -2.30. The molecule has 0 spiro atoms. The number of rotatable bonds is 5. The predicted octanol–water partition coefficient (Wildman–Crippen LogP) is 4.85. The zero-order valence-corrected chi connectivity index (χ0v) is 17.1. The molecule has 2 aromatic rings.